The lowest BCUT2D eigenvalue weighted by Crippen LogP contribution is -2.27. The molecule has 26 heavy (non-hydrogen) atoms. The van der Waals surface area contributed by atoms with Crippen molar-refractivity contribution in [2.24, 2.45) is 0 Å². The van der Waals surface area contributed by atoms with Crippen LogP contribution in [-0.2, 0) is 27.8 Å². The molecule has 0 bridgehead atoms. The molecular formula is C20H26N2O3S. The summed E-state index contributed by atoms with van der Waals surface area (Å²) in [6.07, 6.45) is 2.02. The van der Waals surface area contributed by atoms with Gasteiger partial charge in [-0.15, -0.1) is 0 Å². The van der Waals surface area contributed by atoms with Gasteiger partial charge in [-0.3, -0.25) is 4.79 Å². The molecule has 0 radical (unpaired) electrons. The molecule has 1 N–H and O–H groups in total. The number of aryl methyl sites for hydroxylation is 2. The molecule has 2 aromatic rings. The van der Waals surface area contributed by atoms with Gasteiger partial charge in [-0.05, 0) is 37.0 Å². The van der Waals surface area contributed by atoms with Crippen LogP contribution in [0.5, 0.6) is 0 Å². The second-order valence-electron chi connectivity index (χ2n) is 6.51. The van der Waals surface area contributed by atoms with Gasteiger partial charge in [-0.1, -0.05) is 48.0 Å². The van der Waals surface area contributed by atoms with E-state index in [1.54, 1.807) is 24.3 Å². The minimum absolute atomic E-state index is 0.0748. The molecule has 140 valence electrons. The van der Waals surface area contributed by atoms with Gasteiger partial charge in [-0.2, -0.15) is 0 Å². The van der Waals surface area contributed by atoms with Gasteiger partial charge in [0.2, 0.25) is 15.9 Å². The molecule has 2 rings (SSSR count). The van der Waals surface area contributed by atoms with Crippen LogP contribution in [0.1, 0.15) is 29.5 Å². The quantitative estimate of drug-likeness (QED) is 0.773. The SMILES string of the molecule is Cc1ccc(CCCC(=O)NCc2ccccc2S(=O)(=O)N(C)C)cc1. The largest absolute Gasteiger partial charge is 0.352 e. The number of carbonyl (C=O) groups is 1. The lowest BCUT2D eigenvalue weighted by Gasteiger charge is -2.15. The standard InChI is InChI=1S/C20H26N2O3S/c1-16-11-13-17(14-12-16)7-6-10-20(23)21-15-18-8-4-5-9-19(18)26(24,25)22(2)3/h4-5,8-9,11-14H,6-7,10,15H2,1-3H3,(H,21,23). The van der Waals surface area contributed by atoms with Crippen molar-refractivity contribution in [2.75, 3.05) is 14.1 Å². The molecular weight excluding hydrogens is 348 g/mol. The first kappa shape index (κ1) is 20.1. The van der Waals surface area contributed by atoms with Crippen LogP contribution in [0.15, 0.2) is 53.4 Å². The first-order valence-electron chi connectivity index (χ1n) is 8.63. The van der Waals surface area contributed by atoms with E-state index in [0.717, 1.165) is 12.8 Å². The molecule has 0 atom stereocenters. The second-order valence-corrected chi connectivity index (χ2v) is 8.63. The summed E-state index contributed by atoms with van der Waals surface area (Å²) in [5.41, 5.74) is 3.02. The molecule has 0 saturated carbocycles. The first-order valence-corrected chi connectivity index (χ1v) is 10.1. The number of rotatable bonds is 8. The van der Waals surface area contributed by atoms with Crippen LogP contribution >= 0.6 is 0 Å². The van der Waals surface area contributed by atoms with E-state index >= 15 is 0 Å². The molecule has 0 aliphatic carbocycles. The Bertz CT molecular complexity index is 844. The monoisotopic (exact) mass is 374 g/mol. The van der Waals surface area contributed by atoms with Crippen LogP contribution in [0.3, 0.4) is 0 Å². The zero-order valence-corrected chi connectivity index (χ0v) is 16.3. The van der Waals surface area contributed by atoms with Crippen LogP contribution in [0.4, 0.5) is 0 Å². The van der Waals surface area contributed by atoms with Crippen molar-refractivity contribution < 1.29 is 13.2 Å². The normalized spacial score (nSPS) is 11.5. The minimum atomic E-state index is -3.53. The van der Waals surface area contributed by atoms with E-state index in [0.29, 0.717) is 12.0 Å². The summed E-state index contributed by atoms with van der Waals surface area (Å²) < 4.78 is 25.9. The maximum Gasteiger partial charge on any atom is 0.242 e. The molecule has 0 heterocycles. The summed E-state index contributed by atoms with van der Waals surface area (Å²) in [6.45, 7) is 2.25. The number of hydrogen-bond donors (Lipinski definition) is 1. The number of benzene rings is 2. The number of amides is 1. The Morgan fingerprint density at radius 2 is 1.69 bits per heavy atom. The molecule has 0 spiro atoms. The fourth-order valence-corrected chi connectivity index (χ4v) is 3.70. The minimum Gasteiger partial charge on any atom is -0.352 e. The Morgan fingerprint density at radius 3 is 2.35 bits per heavy atom. The zero-order chi connectivity index (χ0) is 19.2. The predicted molar refractivity (Wildman–Crippen MR) is 103 cm³/mol. The summed E-state index contributed by atoms with van der Waals surface area (Å²) in [7, 11) is -0.538. The molecule has 5 nitrogen and oxygen atoms in total. The lowest BCUT2D eigenvalue weighted by atomic mass is 10.1. The molecule has 0 fully saturated rings. The molecule has 0 aliphatic heterocycles. The van der Waals surface area contributed by atoms with Crippen molar-refractivity contribution >= 4 is 15.9 Å². The highest BCUT2D eigenvalue weighted by molar-refractivity contribution is 7.89. The zero-order valence-electron chi connectivity index (χ0n) is 15.5. The van der Waals surface area contributed by atoms with Crippen LogP contribution in [0.25, 0.3) is 0 Å². The number of hydrogen-bond acceptors (Lipinski definition) is 3. The van der Waals surface area contributed by atoms with Gasteiger partial charge in [0.25, 0.3) is 0 Å². The van der Waals surface area contributed by atoms with E-state index in [1.165, 1.54) is 29.5 Å². The molecule has 6 heteroatoms. The number of sulfonamides is 1. The summed E-state index contributed by atoms with van der Waals surface area (Å²) in [6, 6.07) is 15.0. The molecule has 0 aromatic heterocycles. The maximum atomic E-state index is 12.4. The van der Waals surface area contributed by atoms with E-state index in [4.69, 9.17) is 0 Å². The van der Waals surface area contributed by atoms with Crippen molar-refractivity contribution in [3.8, 4) is 0 Å². The van der Waals surface area contributed by atoms with Crippen LogP contribution in [0, 0.1) is 6.92 Å². The average Bonchev–Trinajstić information content (AvgIpc) is 2.61. The van der Waals surface area contributed by atoms with Crippen molar-refractivity contribution in [3.63, 3.8) is 0 Å². The third-order valence-corrected chi connectivity index (χ3v) is 6.11. The van der Waals surface area contributed by atoms with E-state index in [9.17, 15) is 13.2 Å². The first-order chi connectivity index (χ1) is 12.3. The van der Waals surface area contributed by atoms with E-state index < -0.39 is 10.0 Å². The smallest absolute Gasteiger partial charge is 0.242 e. The number of carbonyl (C=O) groups excluding carboxylic acids is 1. The molecule has 1 amide bonds. The van der Waals surface area contributed by atoms with Crippen LogP contribution in [-0.4, -0.2) is 32.7 Å². The summed E-state index contributed by atoms with van der Waals surface area (Å²) in [5.74, 6) is -0.0748. The highest BCUT2D eigenvalue weighted by Crippen LogP contribution is 2.18. The Kier molecular flexibility index (Phi) is 6.94. The summed E-state index contributed by atoms with van der Waals surface area (Å²) in [5, 5.41) is 2.82. The van der Waals surface area contributed by atoms with Crippen molar-refractivity contribution in [2.45, 2.75) is 37.6 Å². The summed E-state index contributed by atoms with van der Waals surface area (Å²) >= 11 is 0. The Balaban J connectivity index is 1.89. The van der Waals surface area contributed by atoms with Gasteiger partial charge in [0, 0.05) is 27.1 Å². The van der Waals surface area contributed by atoms with Gasteiger partial charge >= 0.3 is 0 Å². The number of nitrogens with one attached hydrogen (secondary N) is 1. The Hall–Kier alpha value is -2.18. The highest BCUT2D eigenvalue weighted by atomic mass is 32.2. The molecule has 0 saturated heterocycles. The van der Waals surface area contributed by atoms with Gasteiger partial charge in [0.1, 0.15) is 0 Å². The second kappa shape index (κ2) is 8.96. The van der Waals surface area contributed by atoms with Gasteiger partial charge in [0.05, 0.1) is 4.90 Å². The fourth-order valence-electron chi connectivity index (χ4n) is 2.59. The Labute approximate surface area is 156 Å². The highest BCUT2D eigenvalue weighted by Gasteiger charge is 2.20. The molecule has 0 unspecified atom stereocenters. The topological polar surface area (TPSA) is 66.5 Å². The van der Waals surface area contributed by atoms with Crippen LogP contribution < -0.4 is 5.32 Å². The third kappa shape index (κ3) is 5.41. The van der Waals surface area contributed by atoms with Crippen LogP contribution in [0.2, 0.25) is 0 Å². The Morgan fingerprint density at radius 1 is 1.04 bits per heavy atom. The fraction of sp³-hybridized carbons (Fsp3) is 0.350. The summed E-state index contributed by atoms with van der Waals surface area (Å²) in [4.78, 5) is 12.3. The molecule has 0 aliphatic rings. The van der Waals surface area contributed by atoms with E-state index in [1.807, 2.05) is 6.92 Å². The van der Waals surface area contributed by atoms with E-state index in [2.05, 4.69) is 29.6 Å². The van der Waals surface area contributed by atoms with Crippen molar-refractivity contribution in [3.05, 3.63) is 65.2 Å². The van der Waals surface area contributed by atoms with E-state index in [-0.39, 0.29) is 17.3 Å². The number of nitrogens with zero attached hydrogens (tertiary/aromatic N) is 1. The molecule has 2 aromatic carbocycles. The predicted octanol–water partition coefficient (Wildman–Crippen LogP) is 2.88. The third-order valence-electron chi connectivity index (χ3n) is 4.20. The van der Waals surface area contributed by atoms with Crippen molar-refractivity contribution in [1.29, 1.82) is 0 Å². The van der Waals surface area contributed by atoms with Gasteiger partial charge in [0.15, 0.2) is 0 Å². The van der Waals surface area contributed by atoms with Gasteiger partial charge in [-0.25, -0.2) is 12.7 Å². The van der Waals surface area contributed by atoms with Gasteiger partial charge < -0.3 is 5.32 Å². The average molecular weight is 375 g/mol. The maximum absolute atomic E-state index is 12.4. The van der Waals surface area contributed by atoms with Crippen molar-refractivity contribution in [1.82, 2.24) is 9.62 Å². The lowest BCUT2D eigenvalue weighted by molar-refractivity contribution is -0.121.